The van der Waals surface area contributed by atoms with Gasteiger partial charge in [0.25, 0.3) is 0 Å². The number of imide groups is 1. The molecule has 5 nitrogen and oxygen atoms in total. The molecule has 0 spiro atoms. The number of methoxy groups -OCH3 is 1. The lowest BCUT2D eigenvalue weighted by Gasteiger charge is -2.57. The Bertz CT molecular complexity index is 1080. The van der Waals surface area contributed by atoms with E-state index in [9.17, 15) is 9.59 Å². The van der Waals surface area contributed by atoms with Crippen LogP contribution in [0, 0.1) is 40.9 Å². The number of carbonyl (C=O) groups is 2. The summed E-state index contributed by atoms with van der Waals surface area (Å²) < 4.78 is 5.91. The summed E-state index contributed by atoms with van der Waals surface area (Å²) in [6.45, 7) is 3.22. The summed E-state index contributed by atoms with van der Waals surface area (Å²) in [5.74, 6) is 2.16. The number of rotatable bonds is 6. The molecule has 172 valence electrons. The van der Waals surface area contributed by atoms with Gasteiger partial charge in [-0.25, -0.2) is 0 Å². The minimum absolute atomic E-state index is 0.00847. The van der Waals surface area contributed by atoms with Crippen molar-refractivity contribution in [3.05, 3.63) is 59.7 Å². The summed E-state index contributed by atoms with van der Waals surface area (Å²) in [6, 6.07) is 8.77. The molecule has 0 aromatic heterocycles. The molecule has 5 heteroatoms. The van der Waals surface area contributed by atoms with Crippen LogP contribution in [0.15, 0.2) is 48.6 Å². The van der Waals surface area contributed by atoms with E-state index < -0.39 is 5.41 Å². The molecule has 3 fully saturated rings. The SMILES string of the molecule is COC1c2ccccc2C2CN(CCCCC34C(=O)NC(=O)C3C3C=CC4C4C=CC43)CC21. The van der Waals surface area contributed by atoms with E-state index in [1.165, 1.54) is 11.1 Å². The highest BCUT2D eigenvalue weighted by Crippen LogP contribution is 2.64. The monoisotopic (exact) mass is 444 g/mol. The molecule has 1 saturated carbocycles. The van der Waals surface area contributed by atoms with Crippen LogP contribution in [0.25, 0.3) is 0 Å². The van der Waals surface area contributed by atoms with Crippen LogP contribution in [0.3, 0.4) is 0 Å². The van der Waals surface area contributed by atoms with Crippen molar-refractivity contribution < 1.29 is 14.3 Å². The largest absolute Gasteiger partial charge is 0.376 e. The fourth-order valence-corrected chi connectivity index (χ4v) is 8.58. The Morgan fingerprint density at radius 1 is 1.00 bits per heavy atom. The van der Waals surface area contributed by atoms with Crippen molar-refractivity contribution in [2.75, 3.05) is 26.7 Å². The normalized spacial score (nSPS) is 43.8. The van der Waals surface area contributed by atoms with Gasteiger partial charge in [0.1, 0.15) is 0 Å². The van der Waals surface area contributed by atoms with Crippen LogP contribution >= 0.6 is 0 Å². The van der Waals surface area contributed by atoms with Gasteiger partial charge in [-0.05, 0) is 54.2 Å². The number of fused-ring (bicyclic) bond motifs is 3. The number of likely N-dealkylation sites (tertiary alicyclic amines) is 1. The van der Waals surface area contributed by atoms with E-state index in [1.54, 1.807) is 0 Å². The number of ether oxygens (including phenoxy) is 1. The van der Waals surface area contributed by atoms with E-state index in [0.717, 1.165) is 38.9 Å². The van der Waals surface area contributed by atoms with Crippen molar-refractivity contribution in [3.8, 4) is 0 Å². The third kappa shape index (κ3) is 2.55. The van der Waals surface area contributed by atoms with Crippen molar-refractivity contribution in [1.82, 2.24) is 10.2 Å². The molecule has 9 atom stereocenters. The van der Waals surface area contributed by atoms with Gasteiger partial charge in [0.2, 0.25) is 11.8 Å². The number of hydrogen-bond acceptors (Lipinski definition) is 4. The molecular weight excluding hydrogens is 412 g/mol. The quantitative estimate of drug-likeness (QED) is 0.415. The van der Waals surface area contributed by atoms with Gasteiger partial charge in [-0.1, -0.05) is 55.0 Å². The van der Waals surface area contributed by atoms with Crippen LogP contribution in [0.4, 0.5) is 0 Å². The predicted octanol–water partition coefficient (Wildman–Crippen LogP) is 3.45. The second-order valence-electron chi connectivity index (χ2n) is 11.1. The Morgan fingerprint density at radius 2 is 1.79 bits per heavy atom. The molecule has 7 aliphatic rings. The third-order valence-corrected chi connectivity index (χ3v) is 9.98. The van der Waals surface area contributed by atoms with E-state index in [1.807, 2.05) is 7.11 Å². The van der Waals surface area contributed by atoms with Gasteiger partial charge < -0.3 is 9.64 Å². The van der Waals surface area contributed by atoms with Crippen molar-refractivity contribution in [2.24, 2.45) is 40.9 Å². The lowest BCUT2D eigenvalue weighted by Crippen LogP contribution is -2.58. The molecule has 33 heavy (non-hydrogen) atoms. The molecule has 2 amide bonds. The third-order valence-electron chi connectivity index (χ3n) is 9.98. The van der Waals surface area contributed by atoms with Crippen LogP contribution in [-0.2, 0) is 14.3 Å². The van der Waals surface area contributed by atoms with Crippen molar-refractivity contribution >= 4 is 11.8 Å². The number of unbranched alkanes of at least 4 members (excludes halogenated alkanes) is 1. The topological polar surface area (TPSA) is 58.6 Å². The van der Waals surface area contributed by atoms with E-state index in [-0.39, 0.29) is 35.7 Å². The average molecular weight is 445 g/mol. The second kappa shape index (κ2) is 7.13. The lowest BCUT2D eigenvalue weighted by atomic mass is 9.43. The zero-order valence-corrected chi connectivity index (χ0v) is 19.2. The minimum Gasteiger partial charge on any atom is -0.376 e. The first-order valence-electron chi connectivity index (χ1n) is 12.7. The number of nitrogens with zero attached hydrogens (tertiary/aromatic N) is 1. The highest BCUT2D eigenvalue weighted by molar-refractivity contribution is 6.08. The Balaban J connectivity index is 1.03. The summed E-state index contributed by atoms with van der Waals surface area (Å²) in [5.41, 5.74) is 2.32. The fraction of sp³-hybridized carbons (Fsp3) is 0.571. The van der Waals surface area contributed by atoms with Crippen molar-refractivity contribution in [1.29, 1.82) is 0 Å². The number of allylic oxidation sites excluding steroid dienone is 4. The average Bonchev–Trinajstić information content (AvgIpc) is 3.40. The van der Waals surface area contributed by atoms with Crippen LogP contribution in [0.5, 0.6) is 0 Å². The first-order chi connectivity index (χ1) is 16.1. The van der Waals surface area contributed by atoms with Crippen LogP contribution in [0.1, 0.15) is 42.4 Å². The van der Waals surface area contributed by atoms with Crippen LogP contribution in [-0.4, -0.2) is 43.5 Å². The molecule has 9 unspecified atom stereocenters. The summed E-state index contributed by atoms with van der Waals surface area (Å²) in [7, 11) is 1.84. The van der Waals surface area contributed by atoms with Gasteiger partial charge in [0.05, 0.1) is 17.4 Å². The summed E-state index contributed by atoms with van der Waals surface area (Å²) in [6.07, 6.45) is 12.1. The van der Waals surface area contributed by atoms with Crippen molar-refractivity contribution in [3.63, 3.8) is 0 Å². The Labute approximate surface area is 195 Å². The molecule has 8 rings (SSSR count). The van der Waals surface area contributed by atoms with Gasteiger partial charge in [-0.3, -0.25) is 14.9 Å². The number of hydrogen-bond donors (Lipinski definition) is 1. The van der Waals surface area contributed by atoms with Crippen LogP contribution < -0.4 is 5.32 Å². The minimum atomic E-state index is -0.524. The van der Waals surface area contributed by atoms with Gasteiger partial charge in [-0.15, -0.1) is 0 Å². The Morgan fingerprint density at radius 3 is 2.58 bits per heavy atom. The van der Waals surface area contributed by atoms with Gasteiger partial charge in [-0.2, -0.15) is 0 Å². The smallest absolute Gasteiger partial charge is 0.234 e. The van der Waals surface area contributed by atoms with Crippen molar-refractivity contribution in [2.45, 2.75) is 31.3 Å². The van der Waals surface area contributed by atoms with E-state index >= 15 is 0 Å². The first kappa shape index (κ1) is 20.2. The molecule has 2 bridgehead atoms. The maximum absolute atomic E-state index is 13.2. The highest BCUT2D eigenvalue weighted by Gasteiger charge is 2.68. The fourth-order valence-electron chi connectivity index (χ4n) is 8.58. The predicted molar refractivity (Wildman–Crippen MR) is 124 cm³/mol. The lowest BCUT2D eigenvalue weighted by molar-refractivity contribution is -0.142. The summed E-state index contributed by atoms with van der Waals surface area (Å²) in [5, 5.41) is 2.73. The van der Waals surface area contributed by atoms with Gasteiger partial charge in [0.15, 0.2) is 0 Å². The number of nitrogens with one attached hydrogen (secondary N) is 1. The Kier molecular flexibility index (Phi) is 4.36. The number of carbonyl (C=O) groups excluding carboxylic acids is 2. The maximum atomic E-state index is 13.2. The molecular formula is C28H32N2O3. The molecule has 5 aliphatic carbocycles. The summed E-state index contributed by atoms with van der Waals surface area (Å²) >= 11 is 0. The van der Waals surface area contributed by atoms with E-state index in [4.69, 9.17) is 4.74 Å². The van der Waals surface area contributed by atoms with Gasteiger partial charge in [0, 0.05) is 32.0 Å². The molecule has 2 saturated heterocycles. The molecule has 0 radical (unpaired) electrons. The zero-order chi connectivity index (χ0) is 22.3. The maximum Gasteiger partial charge on any atom is 0.234 e. The zero-order valence-electron chi connectivity index (χ0n) is 19.2. The van der Waals surface area contributed by atoms with Crippen LogP contribution in [0.2, 0.25) is 0 Å². The standard InChI is InChI=1S/C28H32N2O3/c1-33-25-20-7-3-2-6-16(20)21-14-30(15-22(21)25)13-5-4-12-28-23-11-10-19(17-8-9-18(17)23)24(28)26(31)29-27(28)32/h2-3,6-11,17-19,21-25H,4-5,12-15H2,1H3,(H,29,31,32). The number of amides is 2. The molecule has 2 heterocycles. The molecule has 1 N–H and O–H groups in total. The van der Waals surface area contributed by atoms with Gasteiger partial charge >= 0.3 is 0 Å². The van der Waals surface area contributed by atoms with E-state index in [2.05, 4.69) is 58.8 Å². The molecule has 2 aliphatic heterocycles. The second-order valence-corrected chi connectivity index (χ2v) is 11.1. The molecule has 1 aromatic rings. The summed E-state index contributed by atoms with van der Waals surface area (Å²) in [4.78, 5) is 28.5. The number of benzene rings is 1. The highest BCUT2D eigenvalue weighted by atomic mass is 16.5. The Hall–Kier alpha value is -2.24. The first-order valence-corrected chi connectivity index (χ1v) is 12.7. The van der Waals surface area contributed by atoms with E-state index in [0.29, 0.717) is 23.7 Å². The molecule has 1 aromatic carbocycles.